The first kappa shape index (κ1) is 24.8. The number of nitrogens with one attached hydrogen (secondary N) is 1. The maximum Gasteiger partial charge on any atom is 0.248 e. The molecule has 1 atom stereocenters. The minimum absolute atomic E-state index is 0.0496. The Bertz CT molecular complexity index is 1330. The van der Waals surface area contributed by atoms with Crippen LogP contribution in [0, 0.1) is 26.7 Å². The van der Waals surface area contributed by atoms with Crippen LogP contribution in [0.4, 0.5) is 0 Å². The van der Waals surface area contributed by atoms with Crippen molar-refractivity contribution in [2.24, 2.45) is 5.92 Å². The molecular formula is C26H30N4O4S. The van der Waals surface area contributed by atoms with Crippen molar-refractivity contribution in [3.05, 3.63) is 76.4 Å². The number of hydrogen-bond donors (Lipinski definition) is 1. The van der Waals surface area contributed by atoms with Gasteiger partial charge in [0.25, 0.3) is 0 Å². The highest BCUT2D eigenvalue weighted by Crippen LogP contribution is 2.29. The summed E-state index contributed by atoms with van der Waals surface area (Å²) in [5, 5.41) is 6.81. The SMILES string of the molecule is Cc1ccc(C)c(/C=C/c2onc(C)c2S(=O)(=O)N2CCCC(C(=O)NCc3ccccn3)C2)c1. The molecule has 8 nitrogen and oxygen atoms in total. The monoisotopic (exact) mass is 494 g/mol. The van der Waals surface area contributed by atoms with E-state index in [-0.39, 0.29) is 23.1 Å². The van der Waals surface area contributed by atoms with Gasteiger partial charge in [0.15, 0.2) is 10.7 Å². The molecule has 0 saturated carbocycles. The van der Waals surface area contributed by atoms with Crippen molar-refractivity contribution < 1.29 is 17.7 Å². The minimum Gasteiger partial charge on any atom is -0.355 e. The molecule has 1 fully saturated rings. The molecule has 0 spiro atoms. The summed E-state index contributed by atoms with van der Waals surface area (Å²) in [4.78, 5) is 17.0. The number of aromatic nitrogens is 2. The molecule has 3 aromatic rings. The standard InChI is InChI=1S/C26H30N4O4S/c1-18-9-10-19(2)21(15-18)11-12-24-25(20(3)29-34-24)35(32,33)30-14-6-7-22(17-30)26(31)28-16-23-8-4-5-13-27-23/h4-5,8-13,15,22H,6-7,14,16-17H2,1-3H3,(H,28,31)/b12-11+. The number of benzene rings is 1. The number of pyridine rings is 1. The van der Waals surface area contributed by atoms with Gasteiger partial charge in [0.1, 0.15) is 5.69 Å². The van der Waals surface area contributed by atoms with E-state index < -0.39 is 15.9 Å². The third-order valence-corrected chi connectivity index (χ3v) is 8.23. The fraction of sp³-hybridized carbons (Fsp3) is 0.346. The van der Waals surface area contributed by atoms with E-state index >= 15 is 0 Å². The Morgan fingerprint density at radius 2 is 2.03 bits per heavy atom. The van der Waals surface area contributed by atoms with Crippen LogP contribution < -0.4 is 5.32 Å². The first-order chi connectivity index (χ1) is 16.8. The summed E-state index contributed by atoms with van der Waals surface area (Å²) in [7, 11) is -3.90. The van der Waals surface area contributed by atoms with Gasteiger partial charge in [0, 0.05) is 19.3 Å². The number of rotatable bonds is 7. The Morgan fingerprint density at radius 3 is 2.80 bits per heavy atom. The zero-order valence-electron chi connectivity index (χ0n) is 20.2. The Balaban J connectivity index is 1.51. The zero-order chi connectivity index (χ0) is 25.0. The molecule has 1 unspecified atom stereocenters. The number of aryl methyl sites for hydroxylation is 3. The molecule has 1 N–H and O–H groups in total. The second-order valence-corrected chi connectivity index (χ2v) is 10.8. The van der Waals surface area contributed by atoms with Gasteiger partial charge in [0.05, 0.1) is 18.2 Å². The van der Waals surface area contributed by atoms with Gasteiger partial charge in [-0.05, 0) is 62.9 Å². The number of piperidine rings is 1. The van der Waals surface area contributed by atoms with Gasteiger partial charge >= 0.3 is 0 Å². The second kappa shape index (κ2) is 10.5. The molecule has 184 valence electrons. The van der Waals surface area contributed by atoms with E-state index in [0.717, 1.165) is 22.4 Å². The molecule has 0 bridgehead atoms. The maximum atomic E-state index is 13.6. The fourth-order valence-electron chi connectivity index (χ4n) is 4.23. The summed E-state index contributed by atoms with van der Waals surface area (Å²) in [6.45, 7) is 6.38. The number of nitrogens with zero attached hydrogens (tertiary/aromatic N) is 3. The predicted octanol–water partition coefficient (Wildman–Crippen LogP) is 3.88. The number of carbonyl (C=O) groups excluding carboxylic acids is 1. The van der Waals surface area contributed by atoms with Gasteiger partial charge < -0.3 is 9.84 Å². The molecule has 1 aliphatic heterocycles. The fourth-order valence-corrected chi connectivity index (χ4v) is 6.01. The van der Waals surface area contributed by atoms with Crippen molar-refractivity contribution >= 4 is 28.1 Å². The highest BCUT2D eigenvalue weighted by atomic mass is 32.2. The van der Waals surface area contributed by atoms with Crippen LogP contribution in [0.15, 0.2) is 52.0 Å². The van der Waals surface area contributed by atoms with Crippen molar-refractivity contribution in [3.63, 3.8) is 0 Å². The van der Waals surface area contributed by atoms with Crippen LogP contribution in [0.3, 0.4) is 0 Å². The van der Waals surface area contributed by atoms with Crippen molar-refractivity contribution in [2.75, 3.05) is 13.1 Å². The van der Waals surface area contributed by atoms with Crippen LogP contribution in [-0.2, 0) is 21.4 Å². The van der Waals surface area contributed by atoms with E-state index in [9.17, 15) is 13.2 Å². The smallest absolute Gasteiger partial charge is 0.248 e. The van der Waals surface area contributed by atoms with E-state index in [2.05, 4.69) is 15.5 Å². The van der Waals surface area contributed by atoms with Crippen molar-refractivity contribution in [1.82, 2.24) is 19.8 Å². The lowest BCUT2D eigenvalue weighted by Crippen LogP contribution is -2.45. The van der Waals surface area contributed by atoms with Crippen LogP contribution >= 0.6 is 0 Å². The van der Waals surface area contributed by atoms with Gasteiger partial charge in [-0.3, -0.25) is 9.78 Å². The summed E-state index contributed by atoms with van der Waals surface area (Å²) in [5.41, 5.74) is 4.21. The van der Waals surface area contributed by atoms with Gasteiger partial charge in [0.2, 0.25) is 15.9 Å². The van der Waals surface area contributed by atoms with Crippen LogP contribution in [0.2, 0.25) is 0 Å². The average Bonchev–Trinajstić information content (AvgIpc) is 3.24. The van der Waals surface area contributed by atoms with Crippen LogP contribution in [-0.4, -0.2) is 41.9 Å². The first-order valence-corrected chi connectivity index (χ1v) is 13.1. The molecule has 1 aliphatic rings. The molecule has 0 aliphatic carbocycles. The maximum absolute atomic E-state index is 13.6. The largest absolute Gasteiger partial charge is 0.355 e. The zero-order valence-corrected chi connectivity index (χ0v) is 21.0. The average molecular weight is 495 g/mol. The van der Waals surface area contributed by atoms with Crippen molar-refractivity contribution in [1.29, 1.82) is 0 Å². The normalized spacial score (nSPS) is 17.1. The summed E-state index contributed by atoms with van der Waals surface area (Å²) < 4.78 is 34.0. The predicted molar refractivity (Wildman–Crippen MR) is 134 cm³/mol. The molecule has 3 heterocycles. The van der Waals surface area contributed by atoms with Crippen LogP contribution in [0.25, 0.3) is 12.2 Å². The summed E-state index contributed by atoms with van der Waals surface area (Å²) in [5.74, 6) is -0.422. The molecule has 35 heavy (non-hydrogen) atoms. The van der Waals surface area contributed by atoms with Crippen LogP contribution in [0.1, 0.15) is 46.7 Å². The number of hydrogen-bond acceptors (Lipinski definition) is 6. The second-order valence-electron chi connectivity index (χ2n) is 8.90. The molecule has 0 radical (unpaired) electrons. The van der Waals surface area contributed by atoms with Gasteiger partial charge in [-0.2, -0.15) is 4.31 Å². The van der Waals surface area contributed by atoms with Gasteiger partial charge in [-0.15, -0.1) is 0 Å². The van der Waals surface area contributed by atoms with E-state index in [1.807, 2.05) is 56.3 Å². The van der Waals surface area contributed by atoms with Crippen molar-refractivity contribution in [3.8, 4) is 0 Å². The Kier molecular flexibility index (Phi) is 7.47. The molecule has 4 rings (SSSR count). The number of carbonyl (C=O) groups is 1. The summed E-state index contributed by atoms with van der Waals surface area (Å²) >= 11 is 0. The summed E-state index contributed by atoms with van der Waals surface area (Å²) in [6, 6.07) is 11.6. The lowest BCUT2D eigenvalue weighted by molar-refractivity contribution is -0.126. The van der Waals surface area contributed by atoms with Gasteiger partial charge in [-0.1, -0.05) is 41.1 Å². The van der Waals surface area contributed by atoms with Crippen molar-refractivity contribution in [2.45, 2.75) is 45.1 Å². The van der Waals surface area contributed by atoms with E-state index in [0.29, 0.717) is 31.6 Å². The highest BCUT2D eigenvalue weighted by Gasteiger charge is 2.36. The molecule has 1 saturated heterocycles. The summed E-state index contributed by atoms with van der Waals surface area (Å²) in [6.07, 6.45) is 6.38. The highest BCUT2D eigenvalue weighted by molar-refractivity contribution is 7.89. The molecule has 9 heteroatoms. The van der Waals surface area contributed by atoms with E-state index in [1.165, 1.54) is 4.31 Å². The minimum atomic E-state index is -3.90. The quantitative estimate of drug-likeness (QED) is 0.534. The Morgan fingerprint density at radius 1 is 1.20 bits per heavy atom. The third-order valence-electron chi connectivity index (χ3n) is 6.20. The van der Waals surface area contributed by atoms with E-state index in [4.69, 9.17) is 4.52 Å². The Labute approximate surface area is 206 Å². The molecule has 2 aromatic heterocycles. The van der Waals surface area contributed by atoms with Crippen LogP contribution in [0.5, 0.6) is 0 Å². The topological polar surface area (TPSA) is 105 Å². The Hall–Kier alpha value is -3.30. The van der Waals surface area contributed by atoms with E-state index in [1.54, 1.807) is 19.2 Å². The number of amides is 1. The molecular weight excluding hydrogens is 464 g/mol. The van der Waals surface area contributed by atoms with Gasteiger partial charge in [-0.25, -0.2) is 8.42 Å². The lowest BCUT2D eigenvalue weighted by atomic mass is 9.99. The third kappa shape index (κ3) is 5.68. The first-order valence-electron chi connectivity index (χ1n) is 11.6. The lowest BCUT2D eigenvalue weighted by Gasteiger charge is -2.31. The molecule has 1 amide bonds. The molecule has 1 aromatic carbocycles. The number of sulfonamides is 1.